The molecule has 2 atom stereocenters. The molecule has 7 heteroatoms. The number of nitrogens with one attached hydrogen (secondary N) is 2. The lowest BCUT2D eigenvalue weighted by molar-refractivity contribution is 0.000172. The predicted octanol–water partition coefficient (Wildman–Crippen LogP) is 3.15. The highest BCUT2D eigenvalue weighted by molar-refractivity contribution is 7.78. The molecule has 0 aliphatic carbocycles. The van der Waals surface area contributed by atoms with Gasteiger partial charge in [0.05, 0.1) is 18.3 Å². The van der Waals surface area contributed by atoms with Gasteiger partial charge in [-0.1, -0.05) is 31.0 Å². The summed E-state index contributed by atoms with van der Waals surface area (Å²) in [5.74, 6) is -3.34. The number of alkyl halides is 2. The average Bonchev–Trinajstić information content (AvgIpc) is 2.83. The number of halogens is 3. The molecule has 1 aliphatic heterocycles. The molecule has 128 valence electrons. The van der Waals surface area contributed by atoms with Crippen LogP contribution < -0.4 is 10.0 Å². The van der Waals surface area contributed by atoms with Crippen LogP contribution in [0.1, 0.15) is 11.3 Å². The van der Waals surface area contributed by atoms with Crippen LogP contribution >= 0.6 is 12.8 Å². The van der Waals surface area contributed by atoms with Gasteiger partial charge in [0.2, 0.25) is 0 Å². The number of aromatic nitrogens is 1. The first-order chi connectivity index (χ1) is 11.4. The Balaban J connectivity index is 1.89. The van der Waals surface area contributed by atoms with E-state index in [1.54, 1.807) is 24.3 Å². The Morgan fingerprint density at radius 1 is 1.29 bits per heavy atom. The van der Waals surface area contributed by atoms with Gasteiger partial charge in [-0.2, -0.15) is 0 Å². The first-order valence-electron chi connectivity index (χ1n) is 7.64. The van der Waals surface area contributed by atoms with Gasteiger partial charge in [-0.25, -0.2) is 13.2 Å². The summed E-state index contributed by atoms with van der Waals surface area (Å²) in [6.07, 6.45) is 0.138. The fourth-order valence-corrected chi connectivity index (χ4v) is 3.40. The highest BCUT2D eigenvalue weighted by Crippen LogP contribution is 2.30. The van der Waals surface area contributed by atoms with Gasteiger partial charge in [-0.05, 0) is 37.1 Å². The first kappa shape index (κ1) is 17.3. The minimum atomic E-state index is -2.92. The molecule has 3 rings (SSSR count). The van der Waals surface area contributed by atoms with Crippen molar-refractivity contribution in [2.75, 3.05) is 6.54 Å². The van der Waals surface area contributed by atoms with Crippen molar-refractivity contribution in [2.45, 2.75) is 31.4 Å². The van der Waals surface area contributed by atoms with Gasteiger partial charge in [0.25, 0.3) is 5.92 Å². The number of hydrogen-bond acceptors (Lipinski definition) is 4. The van der Waals surface area contributed by atoms with Crippen molar-refractivity contribution in [1.82, 2.24) is 15.0 Å². The van der Waals surface area contributed by atoms with E-state index in [1.165, 1.54) is 0 Å². The van der Waals surface area contributed by atoms with E-state index in [1.807, 2.05) is 19.1 Å². The molecule has 0 spiro atoms. The van der Waals surface area contributed by atoms with Crippen LogP contribution in [0, 0.1) is 12.7 Å². The number of benzene rings is 1. The van der Waals surface area contributed by atoms with Crippen LogP contribution in [0.15, 0.2) is 36.4 Å². The second kappa shape index (κ2) is 6.74. The summed E-state index contributed by atoms with van der Waals surface area (Å²) >= 11 is 3.80. The molecule has 2 unspecified atom stereocenters. The molecule has 1 aromatic carbocycles. The van der Waals surface area contributed by atoms with Crippen LogP contribution in [0.5, 0.6) is 0 Å². The van der Waals surface area contributed by atoms with Gasteiger partial charge in [0, 0.05) is 17.3 Å². The molecule has 1 fully saturated rings. The van der Waals surface area contributed by atoms with E-state index in [4.69, 9.17) is 0 Å². The molecule has 2 aromatic rings. The van der Waals surface area contributed by atoms with E-state index in [0.717, 1.165) is 5.69 Å². The van der Waals surface area contributed by atoms with Gasteiger partial charge in [0.15, 0.2) is 0 Å². The minimum absolute atomic E-state index is 0.138. The normalized spacial score (nSPS) is 22.7. The zero-order valence-corrected chi connectivity index (χ0v) is 14.0. The Kier molecular flexibility index (Phi) is 4.85. The lowest BCUT2D eigenvalue weighted by Crippen LogP contribution is -2.45. The molecule has 0 amide bonds. The first-order valence-corrected chi connectivity index (χ1v) is 8.09. The Bertz CT molecular complexity index is 739. The summed E-state index contributed by atoms with van der Waals surface area (Å²) < 4.78 is 44.8. The minimum Gasteiger partial charge on any atom is -0.306 e. The predicted molar refractivity (Wildman–Crippen MR) is 90.7 cm³/mol. The van der Waals surface area contributed by atoms with Crippen molar-refractivity contribution in [1.29, 1.82) is 0 Å². The third-order valence-electron chi connectivity index (χ3n) is 4.28. The standard InChI is InChI=1S/C17H18F3N3S/c1-10-4-2-7-13(22-10)12-6-3-5-11(15(12)18)8-14-16(23-24)17(19,20)9-21-14/h2-7,14,16,21,23-24H,8-9H2,1H3. The topological polar surface area (TPSA) is 37.0 Å². The molecule has 0 saturated carbocycles. The SMILES string of the molecule is Cc1cccc(-c2cccc(CC3NCC(F)(F)C3NS)c2F)n1. The third-order valence-corrected chi connectivity index (χ3v) is 4.56. The molecule has 2 N–H and O–H groups in total. The molecular formula is C17H18F3N3S. The monoisotopic (exact) mass is 353 g/mol. The van der Waals surface area contributed by atoms with Crippen molar-refractivity contribution >= 4 is 12.8 Å². The number of rotatable bonds is 4. The van der Waals surface area contributed by atoms with Gasteiger partial charge in [0.1, 0.15) is 5.82 Å². The Morgan fingerprint density at radius 3 is 2.75 bits per heavy atom. The van der Waals surface area contributed by atoms with Gasteiger partial charge < -0.3 is 5.32 Å². The summed E-state index contributed by atoms with van der Waals surface area (Å²) in [5.41, 5.74) is 2.06. The Labute approximate surface area is 144 Å². The molecule has 0 radical (unpaired) electrons. The maximum Gasteiger partial charge on any atom is 0.277 e. The highest BCUT2D eigenvalue weighted by atomic mass is 32.1. The van der Waals surface area contributed by atoms with Crippen molar-refractivity contribution in [2.24, 2.45) is 0 Å². The van der Waals surface area contributed by atoms with Crippen molar-refractivity contribution in [3.8, 4) is 11.3 Å². The summed E-state index contributed by atoms with van der Waals surface area (Å²) in [6, 6.07) is 8.59. The van der Waals surface area contributed by atoms with Crippen molar-refractivity contribution in [3.05, 3.63) is 53.5 Å². The highest BCUT2D eigenvalue weighted by Gasteiger charge is 2.49. The summed E-state index contributed by atoms with van der Waals surface area (Å²) in [5, 5.41) is 2.75. The van der Waals surface area contributed by atoms with Crippen LogP contribution in [0.25, 0.3) is 11.3 Å². The van der Waals surface area contributed by atoms with E-state index in [2.05, 4.69) is 27.8 Å². The molecule has 1 aliphatic rings. The van der Waals surface area contributed by atoms with Gasteiger partial charge in [-0.15, -0.1) is 0 Å². The maximum atomic E-state index is 14.9. The number of pyridine rings is 1. The second-order valence-electron chi connectivity index (χ2n) is 6.00. The molecule has 24 heavy (non-hydrogen) atoms. The second-order valence-corrected chi connectivity index (χ2v) is 6.26. The number of nitrogens with zero attached hydrogens (tertiary/aromatic N) is 1. The average molecular weight is 353 g/mol. The zero-order valence-electron chi connectivity index (χ0n) is 13.1. The summed E-state index contributed by atoms with van der Waals surface area (Å²) in [6.45, 7) is 1.38. The van der Waals surface area contributed by atoms with Crippen LogP contribution in [-0.4, -0.2) is 29.5 Å². The molecule has 3 nitrogen and oxygen atoms in total. The van der Waals surface area contributed by atoms with Crippen LogP contribution in [-0.2, 0) is 6.42 Å². The van der Waals surface area contributed by atoms with E-state index in [-0.39, 0.29) is 6.42 Å². The van der Waals surface area contributed by atoms with E-state index in [9.17, 15) is 13.2 Å². The summed E-state index contributed by atoms with van der Waals surface area (Å²) in [7, 11) is 0. The quantitative estimate of drug-likeness (QED) is 0.739. The number of thiol groups is 1. The van der Waals surface area contributed by atoms with Gasteiger partial charge >= 0.3 is 0 Å². The maximum absolute atomic E-state index is 14.9. The lowest BCUT2D eigenvalue weighted by Gasteiger charge is -2.22. The van der Waals surface area contributed by atoms with Crippen molar-refractivity contribution < 1.29 is 13.2 Å². The van der Waals surface area contributed by atoms with Crippen LogP contribution in [0.2, 0.25) is 0 Å². The molecular weight excluding hydrogens is 335 g/mol. The van der Waals surface area contributed by atoms with Crippen LogP contribution in [0.4, 0.5) is 13.2 Å². The fourth-order valence-electron chi connectivity index (χ4n) is 3.03. The molecule has 0 bridgehead atoms. The summed E-state index contributed by atoms with van der Waals surface area (Å²) in [4.78, 5) is 4.33. The largest absolute Gasteiger partial charge is 0.306 e. The molecule has 1 aromatic heterocycles. The van der Waals surface area contributed by atoms with E-state index >= 15 is 0 Å². The molecule has 2 heterocycles. The lowest BCUT2D eigenvalue weighted by atomic mass is 9.97. The van der Waals surface area contributed by atoms with Gasteiger partial charge in [-0.3, -0.25) is 9.71 Å². The molecule has 1 saturated heterocycles. The Hall–Kier alpha value is -1.57. The van der Waals surface area contributed by atoms with Crippen LogP contribution in [0.3, 0.4) is 0 Å². The fraction of sp³-hybridized carbons (Fsp3) is 0.353. The van der Waals surface area contributed by atoms with E-state index in [0.29, 0.717) is 16.8 Å². The third kappa shape index (κ3) is 3.29. The number of hydrogen-bond donors (Lipinski definition) is 3. The Morgan fingerprint density at radius 2 is 2.04 bits per heavy atom. The smallest absolute Gasteiger partial charge is 0.277 e. The van der Waals surface area contributed by atoms with E-state index < -0.39 is 30.4 Å². The number of aryl methyl sites for hydroxylation is 1. The zero-order chi connectivity index (χ0) is 17.3. The van der Waals surface area contributed by atoms with Crippen molar-refractivity contribution in [3.63, 3.8) is 0 Å².